The maximum atomic E-state index is 13.5. The van der Waals surface area contributed by atoms with Crippen molar-refractivity contribution in [2.24, 2.45) is 0 Å². The number of halogens is 1. The Morgan fingerprint density at radius 3 is 2.72 bits per heavy atom. The molecule has 43 heavy (non-hydrogen) atoms. The van der Waals surface area contributed by atoms with Crippen LogP contribution in [0.15, 0.2) is 71.9 Å². The van der Waals surface area contributed by atoms with E-state index < -0.39 is 18.0 Å². The molecule has 6 rings (SSSR count). The summed E-state index contributed by atoms with van der Waals surface area (Å²) in [5.74, 6) is -0.928. The average molecular weight is 601 g/mol. The van der Waals surface area contributed by atoms with Gasteiger partial charge in [0.2, 0.25) is 5.91 Å². The number of carbonyl (C=O) groups excluding carboxylic acids is 1. The topological polar surface area (TPSA) is 170 Å². The minimum absolute atomic E-state index is 0.155. The van der Waals surface area contributed by atoms with Crippen LogP contribution < -0.4 is 10.9 Å². The number of carboxylic acids is 1. The molecule has 1 aliphatic rings. The number of nitrogens with one attached hydrogen (secondary N) is 2. The van der Waals surface area contributed by atoms with Crippen LogP contribution in [0.4, 0.5) is 5.69 Å². The van der Waals surface area contributed by atoms with Gasteiger partial charge in [-0.3, -0.25) is 9.59 Å². The SMILES string of the molecule is CC(OCC(=O)Nc1ccc(-c2cnc([C@@H]3CCc4cc(-c5cc(Cl)ccc5-n5cnnn5)cc(=O)n43)[nH]2)cc1)C(=O)O. The van der Waals surface area contributed by atoms with E-state index in [2.05, 4.69) is 30.8 Å². The summed E-state index contributed by atoms with van der Waals surface area (Å²) in [6.45, 7) is 0.985. The number of imidazole rings is 1. The molecule has 1 aliphatic heterocycles. The number of aryl methyl sites for hydroxylation is 1. The second-order valence-corrected chi connectivity index (χ2v) is 10.4. The Morgan fingerprint density at radius 2 is 1.98 bits per heavy atom. The molecule has 2 atom stereocenters. The van der Waals surface area contributed by atoms with E-state index >= 15 is 0 Å². The fraction of sp³-hybridized carbons (Fsp3) is 0.207. The summed E-state index contributed by atoms with van der Waals surface area (Å²) in [6.07, 6.45) is 3.52. The Balaban J connectivity index is 1.19. The number of pyridine rings is 1. The highest BCUT2D eigenvalue weighted by Gasteiger charge is 2.28. The number of H-pyrrole nitrogens is 1. The molecule has 14 heteroatoms. The molecule has 1 amide bonds. The van der Waals surface area contributed by atoms with E-state index in [1.165, 1.54) is 17.9 Å². The molecular weight excluding hydrogens is 576 g/mol. The maximum Gasteiger partial charge on any atom is 0.332 e. The highest BCUT2D eigenvalue weighted by atomic mass is 35.5. The number of anilines is 1. The second kappa shape index (κ2) is 11.6. The first kappa shape index (κ1) is 28.0. The fourth-order valence-electron chi connectivity index (χ4n) is 5.08. The molecule has 0 bridgehead atoms. The normalized spacial score (nSPS) is 14.8. The molecule has 1 unspecified atom stereocenters. The Labute approximate surface area is 249 Å². The minimum atomic E-state index is -1.14. The average Bonchev–Trinajstić information content (AvgIpc) is 3.77. The number of hydrogen-bond donors (Lipinski definition) is 3. The summed E-state index contributed by atoms with van der Waals surface area (Å²) in [4.78, 5) is 44.3. The monoisotopic (exact) mass is 600 g/mol. The molecule has 13 nitrogen and oxygen atoms in total. The predicted octanol–water partition coefficient (Wildman–Crippen LogP) is 3.50. The molecule has 0 spiro atoms. The Hall–Kier alpha value is -5.14. The van der Waals surface area contributed by atoms with Crippen LogP contribution in [0.2, 0.25) is 5.02 Å². The number of nitrogens with zero attached hydrogens (tertiary/aromatic N) is 6. The van der Waals surface area contributed by atoms with Crippen molar-refractivity contribution in [1.29, 1.82) is 0 Å². The number of aromatic amines is 1. The molecule has 0 radical (unpaired) electrons. The van der Waals surface area contributed by atoms with E-state index in [1.807, 2.05) is 24.3 Å². The standard InChI is InChI=1S/C29H25ClN8O5/c1-16(29(41)42)43-14-26(39)33-20-5-2-17(3-6-20)23-13-31-28(34-23)25-9-7-21-10-18(11-27(40)38(21)25)22-12-19(30)4-8-24(22)37-15-32-35-36-37/h2-6,8,10-13,15-16,25H,7,9,14H2,1H3,(H,31,34)(H,33,39)(H,41,42)/t16?,25-/m0/s1. The number of benzene rings is 2. The van der Waals surface area contributed by atoms with Crippen LogP contribution in [0, 0.1) is 0 Å². The van der Waals surface area contributed by atoms with Crippen molar-refractivity contribution in [2.45, 2.75) is 31.9 Å². The van der Waals surface area contributed by atoms with E-state index in [4.69, 9.17) is 21.4 Å². The first-order valence-electron chi connectivity index (χ1n) is 13.3. The number of carboxylic acid groups (broad SMARTS) is 1. The number of tetrazole rings is 1. The summed E-state index contributed by atoms with van der Waals surface area (Å²) >= 11 is 6.31. The van der Waals surface area contributed by atoms with Crippen molar-refractivity contribution in [3.8, 4) is 28.1 Å². The van der Waals surface area contributed by atoms with Crippen LogP contribution in [0.5, 0.6) is 0 Å². The van der Waals surface area contributed by atoms with Gasteiger partial charge in [-0.15, -0.1) is 5.10 Å². The van der Waals surface area contributed by atoms with Crippen LogP contribution in [-0.4, -0.2) is 64.4 Å². The van der Waals surface area contributed by atoms with E-state index in [9.17, 15) is 14.4 Å². The number of aromatic nitrogens is 7. The number of amides is 1. The zero-order valence-corrected chi connectivity index (χ0v) is 23.5. The van der Waals surface area contributed by atoms with Gasteiger partial charge in [0, 0.05) is 28.0 Å². The third-order valence-corrected chi connectivity index (χ3v) is 7.44. The van der Waals surface area contributed by atoms with Crippen molar-refractivity contribution >= 4 is 29.2 Å². The van der Waals surface area contributed by atoms with Gasteiger partial charge in [0.1, 0.15) is 18.8 Å². The summed E-state index contributed by atoms with van der Waals surface area (Å²) in [5, 5.41) is 23.5. The third kappa shape index (κ3) is 5.80. The molecule has 5 aromatic rings. The Morgan fingerprint density at radius 1 is 1.16 bits per heavy atom. The zero-order chi connectivity index (χ0) is 30.1. The number of fused-ring (bicyclic) bond motifs is 1. The van der Waals surface area contributed by atoms with Crippen LogP contribution in [-0.2, 0) is 20.7 Å². The molecule has 0 fully saturated rings. The quantitative estimate of drug-likeness (QED) is 0.229. The van der Waals surface area contributed by atoms with Crippen LogP contribution in [0.3, 0.4) is 0 Å². The lowest BCUT2D eigenvalue weighted by molar-refractivity contribution is -0.150. The minimum Gasteiger partial charge on any atom is -0.479 e. The second-order valence-electron chi connectivity index (χ2n) is 10.0. The first-order valence-corrected chi connectivity index (χ1v) is 13.7. The van der Waals surface area contributed by atoms with Gasteiger partial charge >= 0.3 is 5.97 Å². The lowest BCUT2D eigenvalue weighted by Crippen LogP contribution is -2.26. The third-order valence-electron chi connectivity index (χ3n) is 7.20. The molecule has 0 saturated heterocycles. The molecule has 218 valence electrons. The molecule has 3 aromatic heterocycles. The van der Waals surface area contributed by atoms with Crippen molar-refractivity contribution in [3.05, 3.63) is 94.0 Å². The Bertz CT molecular complexity index is 1870. The maximum absolute atomic E-state index is 13.5. The summed E-state index contributed by atoms with van der Waals surface area (Å²) < 4.78 is 8.30. The number of rotatable bonds is 9. The van der Waals surface area contributed by atoms with Gasteiger partial charge in [0.25, 0.3) is 5.56 Å². The molecule has 0 aliphatic carbocycles. The van der Waals surface area contributed by atoms with Gasteiger partial charge < -0.3 is 24.7 Å². The summed E-state index contributed by atoms with van der Waals surface area (Å²) in [6, 6.07) is 15.8. The molecule has 0 saturated carbocycles. The number of carbonyl (C=O) groups is 2. The van der Waals surface area contributed by atoms with E-state index in [1.54, 1.807) is 41.1 Å². The molecular formula is C29H25ClN8O5. The lowest BCUT2D eigenvalue weighted by atomic mass is 10.0. The van der Waals surface area contributed by atoms with Crippen LogP contribution in [0.25, 0.3) is 28.1 Å². The largest absolute Gasteiger partial charge is 0.479 e. The van der Waals surface area contributed by atoms with Crippen molar-refractivity contribution in [3.63, 3.8) is 0 Å². The molecule has 2 aromatic carbocycles. The number of hydrogen-bond acceptors (Lipinski definition) is 8. The highest BCUT2D eigenvalue weighted by Crippen LogP contribution is 2.34. The van der Waals surface area contributed by atoms with E-state index in [-0.39, 0.29) is 18.2 Å². The Kier molecular flexibility index (Phi) is 7.57. The fourth-order valence-corrected chi connectivity index (χ4v) is 5.25. The van der Waals surface area contributed by atoms with Crippen LogP contribution in [0.1, 0.15) is 30.9 Å². The van der Waals surface area contributed by atoms with Crippen molar-refractivity contribution in [1.82, 2.24) is 34.7 Å². The number of ether oxygens (including phenoxy) is 1. The van der Waals surface area contributed by atoms with Crippen LogP contribution >= 0.6 is 11.6 Å². The van der Waals surface area contributed by atoms with Gasteiger partial charge in [0.15, 0.2) is 6.10 Å². The van der Waals surface area contributed by atoms with E-state index in [0.717, 1.165) is 28.1 Å². The van der Waals surface area contributed by atoms with Gasteiger partial charge in [-0.1, -0.05) is 23.7 Å². The number of aliphatic carboxylic acids is 1. The van der Waals surface area contributed by atoms with E-state index in [0.29, 0.717) is 35.1 Å². The molecule has 4 heterocycles. The zero-order valence-electron chi connectivity index (χ0n) is 22.8. The van der Waals surface area contributed by atoms with Gasteiger partial charge in [0.05, 0.1) is 23.6 Å². The molecule has 3 N–H and O–H groups in total. The van der Waals surface area contributed by atoms with Crippen molar-refractivity contribution in [2.75, 3.05) is 11.9 Å². The van der Waals surface area contributed by atoms with Crippen molar-refractivity contribution < 1.29 is 19.4 Å². The summed E-state index contributed by atoms with van der Waals surface area (Å²) in [5.41, 5.74) is 5.03. The first-order chi connectivity index (χ1) is 20.8. The smallest absolute Gasteiger partial charge is 0.332 e. The van der Waals surface area contributed by atoms with Gasteiger partial charge in [-0.05, 0) is 77.7 Å². The highest BCUT2D eigenvalue weighted by molar-refractivity contribution is 6.31. The van der Waals surface area contributed by atoms with Gasteiger partial charge in [-0.25, -0.2) is 9.78 Å². The van der Waals surface area contributed by atoms with Gasteiger partial charge in [-0.2, -0.15) is 4.68 Å². The summed E-state index contributed by atoms with van der Waals surface area (Å²) in [7, 11) is 0. The lowest BCUT2D eigenvalue weighted by Gasteiger charge is -2.15. The predicted molar refractivity (Wildman–Crippen MR) is 156 cm³/mol.